The second kappa shape index (κ2) is 3.03. The molecule has 1 heterocycles. The average Bonchev–Trinajstić information content (AvgIpc) is 2.08. The first-order valence-electron chi connectivity index (χ1n) is 4.04. The average molecular weight is 241 g/mol. The molecule has 0 spiro atoms. The lowest BCUT2D eigenvalue weighted by atomic mass is 10.1. The van der Waals surface area contributed by atoms with Crippen LogP contribution >= 0.6 is 15.9 Å². The molecule has 3 nitrogen and oxygen atoms in total. The van der Waals surface area contributed by atoms with Gasteiger partial charge in [-0.1, -0.05) is 15.9 Å². The van der Waals surface area contributed by atoms with Gasteiger partial charge in [-0.3, -0.25) is 4.79 Å². The quantitative estimate of drug-likeness (QED) is 0.731. The summed E-state index contributed by atoms with van der Waals surface area (Å²) in [7, 11) is 0. The van der Waals surface area contributed by atoms with Gasteiger partial charge in [0.25, 0.3) is 0 Å². The third-order valence-electron chi connectivity index (χ3n) is 2.00. The first kappa shape index (κ1) is 8.56. The van der Waals surface area contributed by atoms with Crippen LogP contribution in [0.4, 0.5) is 11.4 Å². The number of benzene rings is 1. The van der Waals surface area contributed by atoms with Gasteiger partial charge in [0.15, 0.2) is 0 Å². The molecule has 1 atom stereocenters. The van der Waals surface area contributed by atoms with Gasteiger partial charge in [-0.25, -0.2) is 0 Å². The summed E-state index contributed by atoms with van der Waals surface area (Å²) in [5.74, 6) is 0.00909. The zero-order valence-electron chi connectivity index (χ0n) is 7.10. The maximum absolute atomic E-state index is 11.3. The molecule has 1 amide bonds. The van der Waals surface area contributed by atoms with Crippen LogP contribution in [0.15, 0.2) is 22.7 Å². The Balaban J connectivity index is 2.42. The van der Waals surface area contributed by atoms with Gasteiger partial charge < -0.3 is 10.6 Å². The molecule has 1 aromatic rings. The summed E-state index contributed by atoms with van der Waals surface area (Å²) in [6, 6.07) is 5.56. The van der Waals surface area contributed by atoms with Crippen molar-refractivity contribution < 1.29 is 4.79 Å². The fourth-order valence-electron chi connectivity index (χ4n) is 1.28. The van der Waals surface area contributed by atoms with E-state index in [9.17, 15) is 4.79 Å². The minimum absolute atomic E-state index is 0.00909. The molecule has 0 saturated heterocycles. The van der Waals surface area contributed by atoms with Gasteiger partial charge in [-0.15, -0.1) is 0 Å². The van der Waals surface area contributed by atoms with Gasteiger partial charge in [0.05, 0.1) is 11.4 Å². The van der Waals surface area contributed by atoms with Gasteiger partial charge in [0.1, 0.15) is 6.04 Å². The van der Waals surface area contributed by atoms with Crippen molar-refractivity contribution in [3.63, 3.8) is 0 Å². The van der Waals surface area contributed by atoms with Crippen LogP contribution in [0.25, 0.3) is 0 Å². The highest BCUT2D eigenvalue weighted by Crippen LogP contribution is 2.29. The SMILES string of the molecule is C[C@H]1Nc2cc(Br)ccc2NC1=O. The lowest BCUT2D eigenvalue weighted by Gasteiger charge is -2.24. The second-order valence-electron chi connectivity index (χ2n) is 3.05. The van der Waals surface area contributed by atoms with E-state index in [1.807, 2.05) is 25.1 Å². The molecule has 0 radical (unpaired) electrons. The molecular weight excluding hydrogens is 232 g/mol. The molecule has 68 valence electrons. The van der Waals surface area contributed by atoms with Gasteiger partial charge in [-0.05, 0) is 25.1 Å². The molecular formula is C9H9BrN2O. The van der Waals surface area contributed by atoms with E-state index in [4.69, 9.17) is 0 Å². The molecule has 0 aliphatic carbocycles. The molecule has 1 aliphatic rings. The standard InChI is InChI=1S/C9H9BrN2O/c1-5-9(13)12-7-3-2-6(10)4-8(7)11-5/h2-5,11H,1H3,(H,12,13)/t5-/m1/s1. The second-order valence-corrected chi connectivity index (χ2v) is 3.96. The van der Waals surface area contributed by atoms with E-state index in [1.165, 1.54) is 0 Å². The number of carbonyl (C=O) groups is 1. The number of hydrogen-bond acceptors (Lipinski definition) is 2. The summed E-state index contributed by atoms with van der Waals surface area (Å²) in [5, 5.41) is 5.92. The summed E-state index contributed by atoms with van der Waals surface area (Å²) in [4.78, 5) is 11.3. The van der Waals surface area contributed by atoms with Crippen LogP contribution in [-0.4, -0.2) is 11.9 Å². The zero-order chi connectivity index (χ0) is 9.42. The number of fused-ring (bicyclic) bond motifs is 1. The maximum atomic E-state index is 11.3. The molecule has 0 aromatic heterocycles. The summed E-state index contributed by atoms with van der Waals surface area (Å²) in [6.45, 7) is 1.83. The Morgan fingerprint density at radius 2 is 2.15 bits per heavy atom. The molecule has 0 bridgehead atoms. The third-order valence-corrected chi connectivity index (χ3v) is 2.50. The minimum Gasteiger partial charge on any atom is -0.372 e. The van der Waals surface area contributed by atoms with E-state index in [0.29, 0.717) is 0 Å². The number of rotatable bonds is 0. The predicted molar refractivity (Wildman–Crippen MR) is 55.9 cm³/mol. The van der Waals surface area contributed by atoms with Crippen molar-refractivity contribution in [2.24, 2.45) is 0 Å². The number of halogens is 1. The summed E-state index contributed by atoms with van der Waals surface area (Å²) < 4.78 is 1.00. The number of hydrogen-bond donors (Lipinski definition) is 2. The lowest BCUT2D eigenvalue weighted by molar-refractivity contribution is -0.116. The Morgan fingerprint density at radius 3 is 2.92 bits per heavy atom. The summed E-state index contributed by atoms with van der Waals surface area (Å²) >= 11 is 3.37. The molecule has 0 saturated carbocycles. The highest BCUT2D eigenvalue weighted by Gasteiger charge is 2.20. The van der Waals surface area contributed by atoms with E-state index in [1.54, 1.807) is 0 Å². The van der Waals surface area contributed by atoms with Crippen molar-refractivity contribution in [2.75, 3.05) is 10.6 Å². The Kier molecular flexibility index (Phi) is 2.00. The number of amides is 1. The van der Waals surface area contributed by atoms with Gasteiger partial charge in [0.2, 0.25) is 5.91 Å². The molecule has 0 unspecified atom stereocenters. The molecule has 4 heteroatoms. The zero-order valence-corrected chi connectivity index (χ0v) is 8.68. The third kappa shape index (κ3) is 1.54. The fourth-order valence-corrected chi connectivity index (χ4v) is 1.65. The van der Waals surface area contributed by atoms with Crippen molar-refractivity contribution in [1.29, 1.82) is 0 Å². The van der Waals surface area contributed by atoms with Crippen molar-refractivity contribution in [2.45, 2.75) is 13.0 Å². The Morgan fingerprint density at radius 1 is 1.38 bits per heavy atom. The monoisotopic (exact) mass is 240 g/mol. The van der Waals surface area contributed by atoms with E-state index in [-0.39, 0.29) is 11.9 Å². The van der Waals surface area contributed by atoms with Gasteiger partial charge in [0, 0.05) is 4.47 Å². The topological polar surface area (TPSA) is 41.1 Å². The van der Waals surface area contributed by atoms with Crippen LogP contribution in [-0.2, 0) is 4.79 Å². The van der Waals surface area contributed by atoms with E-state index in [2.05, 4.69) is 26.6 Å². The van der Waals surface area contributed by atoms with Gasteiger partial charge >= 0.3 is 0 Å². The van der Waals surface area contributed by atoms with Crippen LogP contribution < -0.4 is 10.6 Å². The van der Waals surface area contributed by atoms with Crippen molar-refractivity contribution in [3.8, 4) is 0 Å². The summed E-state index contributed by atoms with van der Waals surface area (Å²) in [6.07, 6.45) is 0. The first-order valence-corrected chi connectivity index (χ1v) is 4.83. The Bertz CT molecular complexity index is 365. The highest BCUT2D eigenvalue weighted by atomic mass is 79.9. The first-order chi connectivity index (χ1) is 6.16. The van der Waals surface area contributed by atoms with Crippen molar-refractivity contribution in [3.05, 3.63) is 22.7 Å². The molecule has 1 aliphatic heterocycles. The van der Waals surface area contributed by atoms with Crippen molar-refractivity contribution in [1.82, 2.24) is 0 Å². The molecule has 2 rings (SSSR count). The van der Waals surface area contributed by atoms with E-state index < -0.39 is 0 Å². The number of anilines is 2. The Hall–Kier alpha value is -1.03. The smallest absolute Gasteiger partial charge is 0.246 e. The fraction of sp³-hybridized carbons (Fsp3) is 0.222. The van der Waals surface area contributed by atoms with Crippen LogP contribution in [0.5, 0.6) is 0 Å². The lowest BCUT2D eigenvalue weighted by Crippen LogP contribution is -2.36. The maximum Gasteiger partial charge on any atom is 0.246 e. The van der Waals surface area contributed by atoms with Gasteiger partial charge in [-0.2, -0.15) is 0 Å². The van der Waals surface area contributed by atoms with Crippen LogP contribution in [0, 0.1) is 0 Å². The largest absolute Gasteiger partial charge is 0.372 e. The molecule has 13 heavy (non-hydrogen) atoms. The molecule has 1 aromatic carbocycles. The normalized spacial score (nSPS) is 20.2. The van der Waals surface area contributed by atoms with Crippen LogP contribution in [0.1, 0.15) is 6.92 Å². The number of nitrogens with one attached hydrogen (secondary N) is 2. The Labute approximate surface area is 84.6 Å². The number of carbonyl (C=O) groups excluding carboxylic acids is 1. The van der Waals surface area contributed by atoms with Crippen molar-refractivity contribution >= 4 is 33.2 Å². The minimum atomic E-state index is -0.165. The van der Waals surface area contributed by atoms with E-state index in [0.717, 1.165) is 15.8 Å². The van der Waals surface area contributed by atoms with Crippen LogP contribution in [0.2, 0.25) is 0 Å². The summed E-state index contributed by atoms with van der Waals surface area (Å²) in [5.41, 5.74) is 1.80. The molecule has 2 N–H and O–H groups in total. The highest BCUT2D eigenvalue weighted by molar-refractivity contribution is 9.10. The van der Waals surface area contributed by atoms with Crippen LogP contribution in [0.3, 0.4) is 0 Å². The predicted octanol–water partition coefficient (Wildman–Crippen LogP) is 2.20. The van der Waals surface area contributed by atoms with E-state index >= 15 is 0 Å². The molecule has 0 fully saturated rings.